The number of hydrogen-bond donors (Lipinski definition) is 1. The lowest BCUT2D eigenvalue weighted by Gasteiger charge is -2.45. The third-order valence-corrected chi connectivity index (χ3v) is 5.66. The summed E-state index contributed by atoms with van der Waals surface area (Å²) in [6.45, 7) is 15.6. The van der Waals surface area contributed by atoms with Gasteiger partial charge in [-0.05, 0) is 51.1 Å². The van der Waals surface area contributed by atoms with E-state index in [1.54, 1.807) is 0 Å². The Morgan fingerprint density at radius 2 is 1.85 bits per heavy atom. The summed E-state index contributed by atoms with van der Waals surface area (Å²) in [6.07, 6.45) is 2.78. The fourth-order valence-electron chi connectivity index (χ4n) is 4.30. The fourth-order valence-corrected chi connectivity index (χ4v) is 4.30. The minimum atomic E-state index is 0.708. The maximum atomic E-state index is 3.77. The molecule has 2 fully saturated rings. The van der Waals surface area contributed by atoms with Crippen LogP contribution in [0.3, 0.4) is 0 Å². The van der Waals surface area contributed by atoms with Gasteiger partial charge in [-0.15, -0.1) is 0 Å². The van der Waals surface area contributed by atoms with E-state index in [2.05, 4.69) is 49.9 Å². The highest BCUT2D eigenvalue weighted by Gasteiger charge is 2.35. The summed E-state index contributed by atoms with van der Waals surface area (Å²) in [7, 11) is 2.26. The Balaban J connectivity index is 1.94. The summed E-state index contributed by atoms with van der Waals surface area (Å²) in [5.74, 6) is 2.58. The van der Waals surface area contributed by atoms with E-state index in [1.165, 1.54) is 39.0 Å². The molecular weight excluding hydrogens is 246 g/mol. The van der Waals surface area contributed by atoms with E-state index in [1.807, 2.05) is 0 Å². The molecule has 5 unspecified atom stereocenters. The molecule has 2 aliphatic rings. The lowest BCUT2D eigenvalue weighted by Crippen LogP contribution is -2.55. The summed E-state index contributed by atoms with van der Waals surface area (Å²) in [4.78, 5) is 5.21. The van der Waals surface area contributed by atoms with Gasteiger partial charge in [0.25, 0.3) is 0 Å². The van der Waals surface area contributed by atoms with Gasteiger partial charge in [-0.2, -0.15) is 0 Å². The van der Waals surface area contributed by atoms with Gasteiger partial charge in [-0.25, -0.2) is 0 Å². The van der Waals surface area contributed by atoms with E-state index in [4.69, 9.17) is 0 Å². The predicted octanol–water partition coefficient (Wildman–Crippen LogP) is 2.28. The van der Waals surface area contributed by atoms with Gasteiger partial charge in [0.05, 0.1) is 0 Å². The lowest BCUT2D eigenvalue weighted by atomic mass is 9.72. The molecule has 0 bridgehead atoms. The minimum absolute atomic E-state index is 0.708. The molecule has 0 aromatic carbocycles. The molecular formula is C17H35N3. The number of piperazine rings is 1. The molecule has 3 nitrogen and oxygen atoms in total. The third kappa shape index (κ3) is 3.96. The highest BCUT2D eigenvalue weighted by atomic mass is 15.3. The van der Waals surface area contributed by atoms with E-state index < -0.39 is 0 Å². The molecule has 0 aromatic heterocycles. The summed E-state index contributed by atoms with van der Waals surface area (Å²) >= 11 is 0. The summed E-state index contributed by atoms with van der Waals surface area (Å²) < 4.78 is 0. The van der Waals surface area contributed by atoms with Crippen LogP contribution in [0.15, 0.2) is 0 Å². The van der Waals surface area contributed by atoms with Crippen molar-refractivity contribution < 1.29 is 0 Å². The Morgan fingerprint density at radius 1 is 1.10 bits per heavy atom. The summed E-state index contributed by atoms with van der Waals surface area (Å²) in [5.41, 5.74) is 0. The first-order valence-electron chi connectivity index (χ1n) is 8.67. The number of rotatable bonds is 4. The molecule has 3 heteroatoms. The van der Waals surface area contributed by atoms with Crippen molar-refractivity contribution in [3.05, 3.63) is 0 Å². The van der Waals surface area contributed by atoms with Gasteiger partial charge in [0, 0.05) is 38.3 Å². The van der Waals surface area contributed by atoms with Crippen LogP contribution < -0.4 is 5.32 Å². The van der Waals surface area contributed by atoms with E-state index >= 15 is 0 Å². The van der Waals surface area contributed by atoms with Crippen LogP contribution in [0.25, 0.3) is 0 Å². The Hall–Kier alpha value is -0.120. The molecule has 1 aliphatic carbocycles. The number of nitrogens with one attached hydrogen (secondary N) is 1. The molecule has 118 valence electrons. The van der Waals surface area contributed by atoms with Gasteiger partial charge in [0.2, 0.25) is 0 Å². The third-order valence-electron chi connectivity index (χ3n) is 5.66. The Kier molecular flexibility index (Phi) is 5.88. The topological polar surface area (TPSA) is 18.5 Å². The zero-order chi connectivity index (χ0) is 14.7. The van der Waals surface area contributed by atoms with Crippen LogP contribution in [0.1, 0.15) is 40.5 Å². The SMILES string of the molecule is CCNC1CC(C)CC(C)C1CN1CCN(C)C(C)C1. The molecule has 20 heavy (non-hydrogen) atoms. The van der Waals surface area contributed by atoms with Crippen molar-refractivity contribution in [2.24, 2.45) is 17.8 Å². The first-order valence-corrected chi connectivity index (χ1v) is 8.67. The van der Waals surface area contributed by atoms with Crippen LogP contribution in [0.5, 0.6) is 0 Å². The monoisotopic (exact) mass is 281 g/mol. The summed E-state index contributed by atoms with van der Waals surface area (Å²) in [5, 5.41) is 3.77. The van der Waals surface area contributed by atoms with E-state index in [0.29, 0.717) is 6.04 Å². The molecule has 2 rings (SSSR count). The molecule has 1 heterocycles. The van der Waals surface area contributed by atoms with Crippen LogP contribution in [0, 0.1) is 17.8 Å². The van der Waals surface area contributed by atoms with Crippen molar-refractivity contribution in [1.29, 1.82) is 0 Å². The Labute approximate surface area is 126 Å². The fraction of sp³-hybridized carbons (Fsp3) is 1.00. The zero-order valence-electron chi connectivity index (χ0n) is 14.2. The Morgan fingerprint density at radius 3 is 2.50 bits per heavy atom. The van der Waals surface area contributed by atoms with E-state index in [-0.39, 0.29) is 0 Å². The molecule has 0 spiro atoms. The largest absolute Gasteiger partial charge is 0.314 e. The molecule has 0 aromatic rings. The van der Waals surface area contributed by atoms with Crippen LogP contribution in [-0.4, -0.2) is 61.7 Å². The maximum Gasteiger partial charge on any atom is 0.0192 e. The van der Waals surface area contributed by atoms with Gasteiger partial charge < -0.3 is 15.1 Å². The maximum absolute atomic E-state index is 3.77. The van der Waals surface area contributed by atoms with Gasteiger partial charge in [0.1, 0.15) is 0 Å². The second-order valence-electron chi connectivity index (χ2n) is 7.47. The van der Waals surface area contributed by atoms with Gasteiger partial charge in [0.15, 0.2) is 0 Å². The van der Waals surface area contributed by atoms with Crippen LogP contribution >= 0.6 is 0 Å². The molecule has 1 N–H and O–H groups in total. The van der Waals surface area contributed by atoms with Gasteiger partial charge >= 0.3 is 0 Å². The van der Waals surface area contributed by atoms with Crippen LogP contribution in [-0.2, 0) is 0 Å². The molecule has 0 radical (unpaired) electrons. The standard InChI is InChI=1S/C17H35N3/c1-6-18-17-10-13(2)9-14(3)16(17)12-20-8-7-19(5)15(4)11-20/h13-18H,6-12H2,1-5H3. The van der Waals surface area contributed by atoms with Crippen molar-refractivity contribution >= 4 is 0 Å². The smallest absolute Gasteiger partial charge is 0.0192 e. The second-order valence-corrected chi connectivity index (χ2v) is 7.47. The normalized spacial score (nSPS) is 41.0. The average Bonchev–Trinajstić information content (AvgIpc) is 2.38. The van der Waals surface area contributed by atoms with Crippen molar-refractivity contribution in [2.75, 3.05) is 39.8 Å². The molecule has 1 aliphatic heterocycles. The predicted molar refractivity (Wildman–Crippen MR) is 87.0 cm³/mol. The van der Waals surface area contributed by atoms with Gasteiger partial charge in [-0.1, -0.05) is 20.8 Å². The van der Waals surface area contributed by atoms with Crippen molar-refractivity contribution in [3.8, 4) is 0 Å². The van der Waals surface area contributed by atoms with Crippen molar-refractivity contribution in [1.82, 2.24) is 15.1 Å². The average molecular weight is 281 g/mol. The first-order chi connectivity index (χ1) is 9.51. The number of nitrogens with zero attached hydrogens (tertiary/aromatic N) is 2. The minimum Gasteiger partial charge on any atom is -0.314 e. The quantitative estimate of drug-likeness (QED) is 0.853. The molecule has 1 saturated heterocycles. The number of hydrogen-bond acceptors (Lipinski definition) is 3. The van der Waals surface area contributed by atoms with Crippen LogP contribution in [0.2, 0.25) is 0 Å². The molecule has 0 amide bonds. The number of likely N-dealkylation sites (N-methyl/N-ethyl adjacent to an activating group) is 1. The first kappa shape index (κ1) is 16.3. The van der Waals surface area contributed by atoms with E-state index in [9.17, 15) is 0 Å². The molecule has 1 saturated carbocycles. The highest BCUT2D eigenvalue weighted by Crippen LogP contribution is 2.34. The Bertz CT molecular complexity index is 294. The zero-order valence-corrected chi connectivity index (χ0v) is 14.2. The molecule has 5 atom stereocenters. The van der Waals surface area contributed by atoms with Crippen LogP contribution in [0.4, 0.5) is 0 Å². The van der Waals surface area contributed by atoms with Gasteiger partial charge in [-0.3, -0.25) is 0 Å². The lowest BCUT2D eigenvalue weighted by molar-refractivity contribution is 0.0543. The van der Waals surface area contributed by atoms with Crippen molar-refractivity contribution in [3.63, 3.8) is 0 Å². The van der Waals surface area contributed by atoms with Crippen molar-refractivity contribution in [2.45, 2.75) is 52.6 Å². The summed E-state index contributed by atoms with van der Waals surface area (Å²) in [6, 6.07) is 1.44. The van der Waals surface area contributed by atoms with E-state index in [0.717, 1.165) is 30.3 Å². The second kappa shape index (κ2) is 7.24. The highest BCUT2D eigenvalue weighted by molar-refractivity contribution is 4.90.